The van der Waals surface area contributed by atoms with E-state index in [1.807, 2.05) is 39.4 Å². The topological polar surface area (TPSA) is 38.9 Å². The van der Waals surface area contributed by atoms with Crippen molar-refractivity contribution < 1.29 is 4.42 Å². The van der Waals surface area contributed by atoms with Crippen LogP contribution in [-0.4, -0.2) is 10.2 Å². The van der Waals surface area contributed by atoms with E-state index in [-0.39, 0.29) is 0 Å². The summed E-state index contributed by atoms with van der Waals surface area (Å²) in [6.45, 7) is 0. The lowest BCUT2D eigenvalue weighted by Crippen LogP contribution is -1.71. The molecule has 3 nitrogen and oxygen atoms in total. The molecule has 0 aromatic carbocycles. The zero-order chi connectivity index (χ0) is 7.68. The summed E-state index contributed by atoms with van der Waals surface area (Å²) < 4.78 is 5.77. The van der Waals surface area contributed by atoms with Gasteiger partial charge in [-0.2, -0.15) is 11.3 Å². The SMILES string of the molecule is Ic1nnc(-c2ccsc2)o1. The number of aromatic nitrogens is 2. The average molecular weight is 278 g/mol. The molecule has 0 radical (unpaired) electrons. The average Bonchev–Trinajstić information content (AvgIpc) is 2.55. The molecule has 0 spiro atoms. The molecule has 2 heterocycles. The first kappa shape index (κ1) is 7.23. The van der Waals surface area contributed by atoms with Crippen molar-refractivity contribution in [3.05, 3.63) is 20.7 Å². The molecule has 0 aliphatic rings. The quantitative estimate of drug-likeness (QED) is 0.752. The number of thiophene rings is 1. The van der Waals surface area contributed by atoms with Gasteiger partial charge in [0.15, 0.2) is 0 Å². The van der Waals surface area contributed by atoms with E-state index in [0.717, 1.165) is 5.56 Å². The van der Waals surface area contributed by atoms with Gasteiger partial charge in [-0.25, -0.2) is 0 Å². The molecular weight excluding hydrogens is 275 g/mol. The van der Waals surface area contributed by atoms with E-state index in [9.17, 15) is 0 Å². The van der Waals surface area contributed by atoms with Crippen LogP contribution in [0.3, 0.4) is 0 Å². The van der Waals surface area contributed by atoms with Gasteiger partial charge in [0, 0.05) is 33.5 Å². The van der Waals surface area contributed by atoms with Crippen molar-refractivity contribution in [2.45, 2.75) is 0 Å². The summed E-state index contributed by atoms with van der Waals surface area (Å²) in [5.74, 6) is 0.593. The molecule has 11 heavy (non-hydrogen) atoms. The van der Waals surface area contributed by atoms with Gasteiger partial charge in [0.25, 0.3) is 3.90 Å². The van der Waals surface area contributed by atoms with Crippen molar-refractivity contribution in [1.82, 2.24) is 10.2 Å². The van der Waals surface area contributed by atoms with E-state index in [0.29, 0.717) is 9.79 Å². The Morgan fingerprint density at radius 3 is 2.91 bits per heavy atom. The molecule has 0 bridgehead atoms. The Hall–Kier alpha value is -0.430. The normalized spacial score (nSPS) is 10.3. The van der Waals surface area contributed by atoms with Gasteiger partial charge in [0.1, 0.15) is 0 Å². The molecule has 0 amide bonds. The minimum atomic E-state index is 0.573. The Morgan fingerprint density at radius 2 is 2.36 bits per heavy atom. The standard InChI is InChI=1S/C6H3IN2OS/c7-6-9-8-5(10-6)4-1-2-11-3-4/h1-3H. The molecule has 0 atom stereocenters. The predicted octanol–water partition coefficient (Wildman–Crippen LogP) is 2.40. The fourth-order valence-electron chi connectivity index (χ4n) is 0.708. The maximum Gasteiger partial charge on any atom is 0.278 e. The van der Waals surface area contributed by atoms with Crippen LogP contribution in [0, 0.1) is 3.90 Å². The van der Waals surface area contributed by atoms with Gasteiger partial charge in [-0.15, -0.1) is 10.2 Å². The van der Waals surface area contributed by atoms with E-state index in [1.54, 1.807) is 11.3 Å². The summed E-state index contributed by atoms with van der Waals surface area (Å²) in [6.07, 6.45) is 0. The minimum Gasteiger partial charge on any atom is -0.412 e. The zero-order valence-electron chi connectivity index (χ0n) is 5.32. The van der Waals surface area contributed by atoms with Crippen LogP contribution in [0.2, 0.25) is 0 Å². The highest BCUT2D eigenvalue weighted by molar-refractivity contribution is 14.1. The Morgan fingerprint density at radius 1 is 1.45 bits per heavy atom. The first-order valence-electron chi connectivity index (χ1n) is 2.88. The van der Waals surface area contributed by atoms with Gasteiger partial charge in [0.05, 0.1) is 0 Å². The summed E-state index contributed by atoms with van der Waals surface area (Å²) in [5, 5.41) is 11.5. The number of hydrogen-bond donors (Lipinski definition) is 0. The van der Waals surface area contributed by atoms with Crippen LogP contribution in [0.5, 0.6) is 0 Å². The lowest BCUT2D eigenvalue weighted by Gasteiger charge is -1.82. The lowest BCUT2D eigenvalue weighted by atomic mass is 10.3. The minimum absolute atomic E-state index is 0.573. The third-order valence-corrected chi connectivity index (χ3v) is 2.29. The molecule has 0 aliphatic heterocycles. The summed E-state index contributed by atoms with van der Waals surface area (Å²) in [6, 6.07) is 1.95. The highest BCUT2D eigenvalue weighted by Crippen LogP contribution is 2.20. The Bertz CT molecular complexity index is 343. The monoisotopic (exact) mass is 278 g/mol. The van der Waals surface area contributed by atoms with Crippen molar-refractivity contribution in [3.63, 3.8) is 0 Å². The lowest BCUT2D eigenvalue weighted by molar-refractivity contribution is 0.537. The first-order chi connectivity index (χ1) is 5.36. The second-order valence-electron chi connectivity index (χ2n) is 1.87. The molecule has 56 valence electrons. The highest BCUT2D eigenvalue weighted by Gasteiger charge is 2.05. The van der Waals surface area contributed by atoms with Crippen molar-refractivity contribution in [1.29, 1.82) is 0 Å². The molecule has 0 unspecified atom stereocenters. The summed E-state index contributed by atoms with van der Waals surface area (Å²) in [5.41, 5.74) is 0.991. The Balaban J connectivity index is 2.45. The molecule has 2 aromatic rings. The van der Waals surface area contributed by atoms with Crippen molar-refractivity contribution in [2.24, 2.45) is 0 Å². The van der Waals surface area contributed by atoms with Crippen LogP contribution >= 0.6 is 33.9 Å². The van der Waals surface area contributed by atoms with E-state index >= 15 is 0 Å². The van der Waals surface area contributed by atoms with Gasteiger partial charge in [0.2, 0.25) is 5.89 Å². The number of nitrogens with zero attached hydrogens (tertiary/aromatic N) is 2. The van der Waals surface area contributed by atoms with Gasteiger partial charge >= 0.3 is 0 Å². The smallest absolute Gasteiger partial charge is 0.278 e. The van der Waals surface area contributed by atoms with E-state index in [1.165, 1.54) is 0 Å². The Kier molecular flexibility index (Phi) is 1.91. The second-order valence-corrected chi connectivity index (χ2v) is 3.58. The summed E-state index contributed by atoms with van der Waals surface area (Å²) >= 11 is 3.60. The molecule has 2 aromatic heterocycles. The van der Waals surface area contributed by atoms with Crippen LogP contribution in [0.4, 0.5) is 0 Å². The number of rotatable bonds is 1. The van der Waals surface area contributed by atoms with E-state index in [2.05, 4.69) is 10.2 Å². The van der Waals surface area contributed by atoms with Crippen molar-refractivity contribution in [3.8, 4) is 11.5 Å². The van der Waals surface area contributed by atoms with Gasteiger partial charge in [-0.3, -0.25) is 0 Å². The number of halogens is 1. The third kappa shape index (κ3) is 1.43. The second kappa shape index (κ2) is 2.90. The van der Waals surface area contributed by atoms with Crippen LogP contribution in [0.1, 0.15) is 0 Å². The van der Waals surface area contributed by atoms with E-state index in [4.69, 9.17) is 4.42 Å². The first-order valence-corrected chi connectivity index (χ1v) is 4.90. The van der Waals surface area contributed by atoms with Crippen LogP contribution in [0.25, 0.3) is 11.5 Å². The molecule has 0 N–H and O–H groups in total. The van der Waals surface area contributed by atoms with E-state index < -0.39 is 0 Å². The largest absolute Gasteiger partial charge is 0.412 e. The maximum absolute atomic E-state index is 5.20. The van der Waals surface area contributed by atoms with Gasteiger partial charge in [-0.1, -0.05) is 0 Å². The number of hydrogen-bond acceptors (Lipinski definition) is 4. The van der Waals surface area contributed by atoms with Gasteiger partial charge < -0.3 is 4.42 Å². The van der Waals surface area contributed by atoms with Crippen LogP contribution in [0.15, 0.2) is 21.2 Å². The zero-order valence-corrected chi connectivity index (χ0v) is 8.29. The molecule has 5 heteroatoms. The highest BCUT2D eigenvalue weighted by atomic mass is 127. The molecular formula is C6H3IN2OS. The maximum atomic E-state index is 5.20. The van der Waals surface area contributed by atoms with Crippen molar-refractivity contribution in [2.75, 3.05) is 0 Å². The van der Waals surface area contributed by atoms with Crippen molar-refractivity contribution >= 4 is 33.9 Å². The van der Waals surface area contributed by atoms with Crippen LogP contribution < -0.4 is 0 Å². The molecule has 0 fully saturated rings. The molecule has 0 saturated heterocycles. The predicted molar refractivity (Wildman–Crippen MR) is 50.3 cm³/mol. The summed E-state index contributed by atoms with van der Waals surface area (Å²) in [4.78, 5) is 0. The fourth-order valence-corrected chi connectivity index (χ4v) is 1.65. The van der Waals surface area contributed by atoms with Gasteiger partial charge in [-0.05, 0) is 11.4 Å². The third-order valence-electron chi connectivity index (χ3n) is 1.17. The molecule has 2 rings (SSSR count). The van der Waals surface area contributed by atoms with Crippen LogP contribution in [-0.2, 0) is 0 Å². The summed E-state index contributed by atoms with van der Waals surface area (Å²) in [7, 11) is 0. The fraction of sp³-hybridized carbons (Fsp3) is 0. The Labute approximate surface area is 80.6 Å². The molecule has 0 aliphatic carbocycles. The molecule has 0 saturated carbocycles.